The molecule has 1 aliphatic carbocycles. The number of carbonyl (C=O) groups is 3. The summed E-state index contributed by atoms with van der Waals surface area (Å²) in [5, 5.41) is 15.3. The van der Waals surface area contributed by atoms with Crippen LogP contribution in [0, 0.1) is 5.92 Å². The monoisotopic (exact) mass is 332 g/mol. The Bertz CT molecular complexity index is 769. The molecule has 1 aromatic rings. The maximum atomic E-state index is 12.4. The molecule has 5 heterocycles. The van der Waals surface area contributed by atoms with Crippen molar-refractivity contribution < 1.29 is 19.5 Å². The van der Waals surface area contributed by atoms with Crippen molar-refractivity contribution in [1.82, 2.24) is 10.0 Å². The van der Waals surface area contributed by atoms with Crippen molar-refractivity contribution in [1.29, 1.82) is 0 Å². The molecule has 6 rings (SSSR count). The van der Waals surface area contributed by atoms with Gasteiger partial charge in [-0.3, -0.25) is 9.59 Å². The molecule has 3 bridgehead atoms. The second-order valence-electron chi connectivity index (χ2n) is 7.07. The zero-order valence-corrected chi connectivity index (χ0v) is 13.5. The molecule has 6 unspecified atom stereocenters. The largest absolute Gasteiger partial charge is 0.477 e. The van der Waals surface area contributed by atoms with Crippen LogP contribution < -0.4 is 0 Å². The van der Waals surface area contributed by atoms with Crippen molar-refractivity contribution in [3.63, 3.8) is 0 Å². The Hall–Kier alpha value is -1.57. The number of carboxylic acids is 1. The Kier molecular flexibility index (Phi) is 2.35. The summed E-state index contributed by atoms with van der Waals surface area (Å²) in [6.07, 6.45) is 0.786. The zero-order chi connectivity index (χ0) is 16.3. The number of carbonyl (C=O) groups excluding carboxylic acids is 2. The van der Waals surface area contributed by atoms with E-state index in [9.17, 15) is 14.4 Å². The highest BCUT2D eigenvalue weighted by Crippen LogP contribution is 2.71. The third kappa shape index (κ3) is 1.29. The van der Waals surface area contributed by atoms with E-state index in [2.05, 4.69) is 5.01 Å². The molecular weight excluding hydrogens is 316 g/mol. The summed E-state index contributed by atoms with van der Waals surface area (Å²) < 4.78 is 0. The summed E-state index contributed by atoms with van der Waals surface area (Å²) >= 11 is 1.25. The number of carboxylic acid groups (broad SMARTS) is 1. The first-order valence-electron chi connectivity index (χ1n) is 7.82. The summed E-state index contributed by atoms with van der Waals surface area (Å²) in [6.45, 7) is 3.05. The van der Waals surface area contributed by atoms with Gasteiger partial charge in [0, 0.05) is 17.9 Å². The van der Waals surface area contributed by atoms with Gasteiger partial charge in [-0.15, -0.1) is 11.3 Å². The van der Waals surface area contributed by atoms with E-state index in [4.69, 9.17) is 5.11 Å². The lowest BCUT2D eigenvalue weighted by Crippen LogP contribution is -2.77. The zero-order valence-electron chi connectivity index (χ0n) is 12.7. The van der Waals surface area contributed by atoms with Crippen LogP contribution in [-0.2, 0) is 9.59 Å². The topological polar surface area (TPSA) is 77.7 Å². The lowest BCUT2D eigenvalue weighted by atomic mass is 9.59. The summed E-state index contributed by atoms with van der Waals surface area (Å²) in [7, 11) is 0. The molecule has 0 spiro atoms. The first kappa shape index (κ1) is 13.8. The van der Waals surface area contributed by atoms with Crippen LogP contribution in [0.3, 0.4) is 0 Å². The highest BCUT2D eigenvalue weighted by atomic mass is 32.1. The fraction of sp³-hybridized carbons (Fsp3) is 0.562. The molecule has 4 saturated heterocycles. The van der Waals surface area contributed by atoms with E-state index in [1.165, 1.54) is 25.2 Å². The first-order valence-corrected chi connectivity index (χ1v) is 8.70. The van der Waals surface area contributed by atoms with Crippen molar-refractivity contribution in [3.05, 3.63) is 21.9 Å². The molecule has 5 aliphatic rings. The maximum Gasteiger partial charge on any atom is 0.345 e. The number of hydrogen-bond donors (Lipinski definition) is 1. The van der Waals surface area contributed by atoms with Crippen LogP contribution in [-0.4, -0.2) is 56.3 Å². The van der Waals surface area contributed by atoms with E-state index in [-0.39, 0.29) is 29.4 Å². The fourth-order valence-corrected chi connectivity index (χ4v) is 6.41. The lowest BCUT2D eigenvalue weighted by Gasteiger charge is -2.59. The molecule has 1 N–H and O–H groups in total. The van der Waals surface area contributed by atoms with Crippen LogP contribution in [0.1, 0.15) is 41.4 Å². The number of hydrazine groups is 1. The number of nitrogens with zero attached hydrogens (tertiary/aromatic N) is 2. The van der Waals surface area contributed by atoms with Gasteiger partial charge in [0.2, 0.25) is 0 Å². The Balaban J connectivity index is 1.55. The number of fused-ring (bicyclic) bond motifs is 1. The average molecular weight is 332 g/mol. The third-order valence-corrected chi connectivity index (χ3v) is 7.25. The summed E-state index contributed by atoms with van der Waals surface area (Å²) in [5.41, 5.74) is 0.0739. The van der Waals surface area contributed by atoms with Gasteiger partial charge in [0.25, 0.3) is 0 Å². The number of ketones is 2. The van der Waals surface area contributed by atoms with Crippen LogP contribution in [0.4, 0.5) is 0 Å². The van der Waals surface area contributed by atoms with Crippen molar-refractivity contribution in [2.75, 3.05) is 0 Å². The molecule has 0 radical (unpaired) electrons. The van der Waals surface area contributed by atoms with Gasteiger partial charge in [0.1, 0.15) is 4.88 Å². The average Bonchev–Trinajstić information content (AvgIpc) is 2.83. The maximum absolute atomic E-state index is 12.4. The van der Waals surface area contributed by atoms with Crippen molar-refractivity contribution >= 4 is 28.9 Å². The molecule has 6 nitrogen and oxygen atoms in total. The number of piperidine rings is 2. The predicted molar refractivity (Wildman–Crippen MR) is 81.3 cm³/mol. The van der Waals surface area contributed by atoms with Gasteiger partial charge in [-0.1, -0.05) is 0 Å². The molecule has 6 atom stereocenters. The van der Waals surface area contributed by atoms with Gasteiger partial charge in [0.15, 0.2) is 17.1 Å². The van der Waals surface area contributed by atoms with Gasteiger partial charge < -0.3 is 5.11 Å². The fourth-order valence-electron chi connectivity index (χ4n) is 5.60. The van der Waals surface area contributed by atoms with Crippen LogP contribution in [0.2, 0.25) is 0 Å². The molecule has 7 heteroatoms. The number of Topliss-reactive ketones (excluding diaryl/α,β-unsaturated/α-hetero) is 2. The smallest absolute Gasteiger partial charge is 0.345 e. The Labute approximate surface area is 136 Å². The van der Waals surface area contributed by atoms with Gasteiger partial charge in [0.05, 0.1) is 12.1 Å². The second kappa shape index (κ2) is 3.91. The molecule has 120 valence electrons. The number of rotatable bonds is 4. The van der Waals surface area contributed by atoms with Crippen LogP contribution in [0.25, 0.3) is 0 Å². The normalized spacial score (nSPS) is 41.3. The van der Waals surface area contributed by atoms with E-state index in [0.717, 1.165) is 12.0 Å². The molecule has 4 aliphatic heterocycles. The number of thiophene rings is 1. The molecule has 1 aromatic heterocycles. The van der Waals surface area contributed by atoms with Gasteiger partial charge in [-0.25, -0.2) is 14.8 Å². The summed E-state index contributed by atoms with van der Waals surface area (Å²) in [5.74, 6) is -0.757. The van der Waals surface area contributed by atoms with Crippen molar-refractivity contribution in [2.45, 2.75) is 49.9 Å². The second-order valence-corrected chi connectivity index (χ2v) is 7.98. The summed E-state index contributed by atoms with van der Waals surface area (Å²) in [6, 6.07) is 2.70. The Morgan fingerprint density at radius 2 is 1.91 bits per heavy atom. The predicted octanol–water partition coefficient (Wildman–Crippen LogP) is 1.13. The molecule has 1 saturated carbocycles. The van der Waals surface area contributed by atoms with Gasteiger partial charge in [-0.2, -0.15) is 0 Å². The molecular formula is C16H16N2O4S. The lowest BCUT2D eigenvalue weighted by molar-refractivity contribution is -0.188. The molecule has 0 amide bonds. The first-order chi connectivity index (χ1) is 10.9. The van der Waals surface area contributed by atoms with E-state index in [1.807, 2.05) is 10.4 Å². The van der Waals surface area contributed by atoms with Crippen molar-refractivity contribution in [2.24, 2.45) is 5.92 Å². The highest BCUT2D eigenvalue weighted by molar-refractivity contribution is 7.12. The van der Waals surface area contributed by atoms with Crippen LogP contribution >= 0.6 is 11.3 Å². The van der Waals surface area contributed by atoms with Crippen LogP contribution in [0.5, 0.6) is 0 Å². The van der Waals surface area contributed by atoms with E-state index in [1.54, 1.807) is 6.07 Å². The molecule has 23 heavy (non-hydrogen) atoms. The number of hydrogen-bond acceptors (Lipinski definition) is 6. The quantitative estimate of drug-likeness (QED) is 0.658. The molecule has 0 aromatic carbocycles. The minimum atomic E-state index is -0.966. The van der Waals surface area contributed by atoms with E-state index < -0.39 is 11.5 Å². The van der Waals surface area contributed by atoms with Crippen LogP contribution in [0.15, 0.2) is 11.4 Å². The van der Waals surface area contributed by atoms with Gasteiger partial charge >= 0.3 is 5.97 Å². The minimum absolute atomic E-state index is 0.0330. The molecule has 5 fully saturated rings. The third-order valence-electron chi connectivity index (χ3n) is 6.31. The van der Waals surface area contributed by atoms with Crippen molar-refractivity contribution in [3.8, 4) is 0 Å². The highest BCUT2D eigenvalue weighted by Gasteiger charge is 2.88. The van der Waals surface area contributed by atoms with E-state index in [0.29, 0.717) is 17.0 Å². The minimum Gasteiger partial charge on any atom is -0.477 e. The van der Waals surface area contributed by atoms with E-state index >= 15 is 0 Å². The number of aromatic carboxylic acids is 1. The SMILES string of the molecule is CC(=O)C1(C(C)=O)C2CC(c3csc(C(=O)O)c3)C3C4C2N4N31. The van der Waals surface area contributed by atoms with Gasteiger partial charge in [-0.05, 0) is 37.3 Å². The Morgan fingerprint density at radius 1 is 1.22 bits per heavy atom. The Morgan fingerprint density at radius 3 is 2.43 bits per heavy atom. The summed E-state index contributed by atoms with van der Waals surface area (Å²) in [4.78, 5) is 36.2. The standard InChI is InChI=1S/C16H16N2O4S/c1-6(19)16(7(2)20)10-4-9(8-3-11(15(21)22)23-5-8)12-14-13(10)17(14)18(12)16/h3,5,9-10,12-14H,4H2,1-2H3,(H,21,22).